The lowest BCUT2D eigenvalue weighted by molar-refractivity contribution is -0.145. The fourth-order valence-corrected chi connectivity index (χ4v) is 2.86. The number of methoxy groups -OCH3 is 1. The second kappa shape index (κ2) is 9.82. The molecule has 26 heavy (non-hydrogen) atoms. The van der Waals surface area contributed by atoms with Gasteiger partial charge in [-0.3, -0.25) is 9.59 Å². The Morgan fingerprint density at radius 3 is 2.65 bits per heavy atom. The zero-order valence-electron chi connectivity index (χ0n) is 15.1. The Kier molecular flexibility index (Phi) is 7.47. The highest BCUT2D eigenvalue weighted by Gasteiger charge is 2.26. The third-order valence-corrected chi connectivity index (χ3v) is 4.13. The van der Waals surface area contributed by atoms with Gasteiger partial charge in [0.25, 0.3) is 0 Å². The number of rotatable bonds is 8. The smallest absolute Gasteiger partial charge is 0.323 e. The zero-order chi connectivity index (χ0) is 18.9. The highest BCUT2D eigenvalue weighted by molar-refractivity contribution is 5.93. The van der Waals surface area contributed by atoms with Gasteiger partial charge >= 0.3 is 5.97 Å². The first-order chi connectivity index (χ1) is 12.5. The molecule has 7 nitrogen and oxygen atoms in total. The molecule has 0 atom stereocenters. The van der Waals surface area contributed by atoms with Crippen molar-refractivity contribution in [1.29, 1.82) is 0 Å². The predicted octanol–water partition coefficient (Wildman–Crippen LogP) is 2.20. The van der Waals surface area contributed by atoms with Gasteiger partial charge in [-0.1, -0.05) is 6.07 Å². The van der Waals surface area contributed by atoms with Gasteiger partial charge < -0.3 is 24.2 Å². The van der Waals surface area contributed by atoms with E-state index in [2.05, 4.69) is 0 Å². The summed E-state index contributed by atoms with van der Waals surface area (Å²) in [6.07, 6.45) is 4.34. The minimum Gasteiger partial charge on any atom is -0.493 e. The minimum absolute atomic E-state index is 0.119. The Balaban J connectivity index is 2.14. The van der Waals surface area contributed by atoms with Gasteiger partial charge in [0, 0.05) is 25.3 Å². The number of carbonyl (C=O) groups is 2. The Hall–Kier alpha value is -2.54. The molecule has 1 amide bonds. The molecule has 142 valence electrons. The van der Waals surface area contributed by atoms with Crippen LogP contribution in [0.15, 0.2) is 24.3 Å². The summed E-state index contributed by atoms with van der Waals surface area (Å²) in [6, 6.07) is 5.23. The quantitative estimate of drug-likeness (QED) is 0.713. The molecule has 1 aliphatic heterocycles. The Morgan fingerprint density at radius 1 is 1.31 bits per heavy atom. The third-order valence-electron chi connectivity index (χ3n) is 4.13. The number of carboxylic acids is 1. The molecule has 2 rings (SSSR count). The normalized spacial score (nSPS) is 15.0. The van der Waals surface area contributed by atoms with Crippen LogP contribution < -0.4 is 9.47 Å². The molecule has 1 aliphatic rings. The lowest BCUT2D eigenvalue weighted by atomic mass is 10.1. The second-order valence-electron chi connectivity index (χ2n) is 5.88. The highest BCUT2D eigenvalue weighted by atomic mass is 16.5. The number of amides is 1. The maximum absolute atomic E-state index is 12.6. The first-order valence-corrected chi connectivity index (χ1v) is 8.64. The standard InChI is InChI=1S/C19H25NO6/c1-3-26-17-12-14(4-6-16(17)24-2)5-7-18(21)20(13-19(22)23)15-8-10-25-11-9-15/h4-7,12,15H,3,8-11,13H2,1-2H3,(H,22,23)/b7-5-. The molecular weight excluding hydrogens is 338 g/mol. The van der Waals surface area contributed by atoms with Crippen LogP contribution in [0.1, 0.15) is 25.3 Å². The van der Waals surface area contributed by atoms with Crippen LogP contribution in [-0.2, 0) is 14.3 Å². The lowest BCUT2D eigenvalue weighted by Gasteiger charge is -2.32. The zero-order valence-corrected chi connectivity index (χ0v) is 15.1. The molecule has 0 spiro atoms. The summed E-state index contributed by atoms with van der Waals surface area (Å²) >= 11 is 0. The maximum atomic E-state index is 12.6. The van der Waals surface area contributed by atoms with E-state index in [0.29, 0.717) is 44.2 Å². The van der Waals surface area contributed by atoms with Crippen LogP contribution in [-0.4, -0.2) is 61.4 Å². The van der Waals surface area contributed by atoms with Crippen molar-refractivity contribution in [3.63, 3.8) is 0 Å². The van der Waals surface area contributed by atoms with E-state index in [0.717, 1.165) is 5.56 Å². The average molecular weight is 363 g/mol. The second-order valence-corrected chi connectivity index (χ2v) is 5.88. The van der Waals surface area contributed by atoms with Gasteiger partial charge in [0.15, 0.2) is 11.5 Å². The number of carbonyl (C=O) groups excluding carboxylic acids is 1. The molecule has 0 bridgehead atoms. The molecule has 0 unspecified atom stereocenters. The van der Waals surface area contributed by atoms with Crippen molar-refractivity contribution in [2.75, 3.05) is 33.5 Å². The van der Waals surface area contributed by atoms with Crippen molar-refractivity contribution in [1.82, 2.24) is 4.90 Å². The number of nitrogens with zero attached hydrogens (tertiary/aromatic N) is 1. The Labute approximate surface area is 153 Å². The highest BCUT2D eigenvalue weighted by Crippen LogP contribution is 2.28. The van der Waals surface area contributed by atoms with E-state index in [4.69, 9.17) is 19.3 Å². The van der Waals surface area contributed by atoms with Gasteiger partial charge in [0.2, 0.25) is 5.91 Å². The van der Waals surface area contributed by atoms with Crippen LogP contribution in [0.2, 0.25) is 0 Å². The predicted molar refractivity (Wildman–Crippen MR) is 96.4 cm³/mol. The molecule has 1 aromatic carbocycles. The summed E-state index contributed by atoms with van der Waals surface area (Å²) in [4.78, 5) is 25.1. The van der Waals surface area contributed by atoms with Gasteiger partial charge in [-0.2, -0.15) is 0 Å². The molecular formula is C19H25NO6. The maximum Gasteiger partial charge on any atom is 0.323 e. The van der Waals surface area contributed by atoms with Crippen LogP contribution >= 0.6 is 0 Å². The summed E-state index contributed by atoms with van der Waals surface area (Å²) in [7, 11) is 1.56. The number of hydrogen-bond donors (Lipinski definition) is 1. The Morgan fingerprint density at radius 2 is 2.04 bits per heavy atom. The molecule has 7 heteroatoms. The van der Waals surface area contributed by atoms with Crippen molar-refractivity contribution in [2.45, 2.75) is 25.8 Å². The van der Waals surface area contributed by atoms with Crippen molar-refractivity contribution in [3.05, 3.63) is 29.8 Å². The number of hydrogen-bond acceptors (Lipinski definition) is 5. The largest absolute Gasteiger partial charge is 0.493 e. The molecule has 1 saturated heterocycles. The Bertz CT molecular complexity index is 651. The number of carboxylic acid groups (broad SMARTS) is 1. The fraction of sp³-hybridized carbons (Fsp3) is 0.474. The summed E-state index contributed by atoms with van der Waals surface area (Å²) < 4.78 is 16.1. The monoisotopic (exact) mass is 363 g/mol. The molecule has 1 aromatic rings. The summed E-state index contributed by atoms with van der Waals surface area (Å²) in [5.74, 6) is -0.143. The van der Waals surface area contributed by atoms with Gasteiger partial charge in [-0.15, -0.1) is 0 Å². The van der Waals surface area contributed by atoms with E-state index < -0.39 is 5.97 Å². The van der Waals surface area contributed by atoms with Crippen molar-refractivity contribution >= 4 is 18.0 Å². The summed E-state index contributed by atoms with van der Waals surface area (Å²) in [5, 5.41) is 9.12. The number of ether oxygens (including phenoxy) is 3. The minimum atomic E-state index is -1.03. The lowest BCUT2D eigenvalue weighted by Crippen LogP contribution is -2.45. The van der Waals surface area contributed by atoms with Gasteiger partial charge in [0.05, 0.1) is 13.7 Å². The van der Waals surface area contributed by atoms with E-state index in [-0.39, 0.29) is 18.5 Å². The number of aliphatic carboxylic acids is 1. The van der Waals surface area contributed by atoms with E-state index in [1.807, 2.05) is 6.92 Å². The van der Waals surface area contributed by atoms with Crippen molar-refractivity contribution in [3.8, 4) is 11.5 Å². The van der Waals surface area contributed by atoms with Crippen LogP contribution in [0, 0.1) is 0 Å². The van der Waals surface area contributed by atoms with E-state index >= 15 is 0 Å². The molecule has 1 N–H and O–H groups in total. The molecule has 1 fully saturated rings. The molecule has 0 aliphatic carbocycles. The van der Waals surface area contributed by atoms with E-state index in [1.165, 1.54) is 11.0 Å². The van der Waals surface area contributed by atoms with Crippen molar-refractivity contribution in [2.24, 2.45) is 0 Å². The van der Waals surface area contributed by atoms with Crippen LogP contribution in [0.5, 0.6) is 11.5 Å². The third kappa shape index (κ3) is 5.49. The van der Waals surface area contributed by atoms with E-state index in [1.54, 1.807) is 31.4 Å². The van der Waals surface area contributed by atoms with Crippen molar-refractivity contribution < 1.29 is 28.9 Å². The van der Waals surface area contributed by atoms with Gasteiger partial charge in [0.1, 0.15) is 6.54 Å². The first-order valence-electron chi connectivity index (χ1n) is 8.64. The van der Waals surface area contributed by atoms with Crippen LogP contribution in [0.4, 0.5) is 0 Å². The molecule has 0 aromatic heterocycles. The fourth-order valence-electron chi connectivity index (χ4n) is 2.86. The van der Waals surface area contributed by atoms with Gasteiger partial charge in [-0.25, -0.2) is 0 Å². The van der Waals surface area contributed by atoms with Crippen LogP contribution in [0.3, 0.4) is 0 Å². The first kappa shape index (κ1) is 19.8. The molecule has 0 radical (unpaired) electrons. The molecule has 1 heterocycles. The van der Waals surface area contributed by atoms with E-state index in [9.17, 15) is 9.59 Å². The summed E-state index contributed by atoms with van der Waals surface area (Å²) in [5.41, 5.74) is 0.768. The SMILES string of the molecule is CCOc1cc(/C=C\C(=O)N(CC(=O)O)C2CCOCC2)ccc1OC. The van der Waals surface area contributed by atoms with Crippen LogP contribution in [0.25, 0.3) is 6.08 Å². The summed E-state index contributed by atoms with van der Waals surface area (Å²) in [6.45, 7) is 3.13. The molecule has 0 saturated carbocycles. The topological polar surface area (TPSA) is 85.3 Å². The average Bonchev–Trinajstić information content (AvgIpc) is 2.65. The van der Waals surface area contributed by atoms with Gasteiger partial charge in [-0.05, 0) is 43.5 Å². The number of benzene rings is 1.